The van der Waals surface area contributed by atoms with Crippen molar-refractivity contribution in [3.63, 3.8) is 0 Å². The molecule has 41 heavy (non-hydrogen) atoms. The molecule has 2 saturated heterocycles. The highest BCUT2D eigenvalue weighted by atomic mass is 19.4. The summed E-state index contributed by atoms with van der Waals surface area (Å²) in [4.78, 5) is 14.7. The van der Waals surface area contributed by atoms with Crippen LogP contribution in [-0.4, -0.2) is 55.3 Å². The Morgan fingerprint density at radius 1 is 0.756 bits per heavy atom. The SMILES string of the molecule is N#Cc1ccc(NC2CCN(c3ccnc(N4CCN(c5ccc(C(F)(F)F)cn5)CC4)c3)CC2)c(C(F)(F)F)c1. The summed E-state index contributed by atoms with van der Waals surface area (Å²) in [6, 6.07) is 11.5. The number of hydrogen-bond donors (Lipinski definition) is 1. The highest BCUT2D eigenvalue weighted by Crippen LogP contribution is 2.37. The fourth-order valence-electron chi connectivity index (χ4n) is 5.16. The van der Waals surface area contributed by atoms with Gasteiger partial charge in [-0.25, -0.2) is 9.97 Å². The lowest BCUT2D eigenvalue weighted by Crippen LogP contribution is -2.47. The number of anilines is 4. The molecule has 0 radical (unpaired) electrons. The Bertz CT molecular complexity index is 1380. The molecule has 5 rings (SSSR count). The zero-order chi connectivity index (χ0) is 29.2. The number of nitrogens with one attached hydrogen (secondary N) is 1. The summed E-state index contributed by atoms with van der Waals surface area (Å²) in [5.41, 5.74) is -0.710. The van der Waals surface area contributed by atoms with Crippen molar-refractivity contribution in [2.24, 2.45) is 0 Å². The van der Waals surface area contributed by atoms with Gasteiger partial charge in [0, 0.05) is 75.1 Å². The normalized spacial score (nSPS) is 17.0. The number of nitriles is 1. The molecule has 2 fully saturated rings. The average molecular weight is 576 g/mol. The molecule has 1 aromatic carbocycles. The lowest BCUT2D eigenvalue weighted by Gasteiger charge is -2.37. The summed E-state index contributed by atoms with van der Waals surface area (Å²) in [7, 11) is 0. The molecule has 1 N–H and O–H groups in total. The topological polar surface area (TPSA) is 71.3 Å². The van der Waals surface area contributed by atoms with Crippen LogP contribution in [0.4, 0.5) is 49.4 Å². The third-order valence-corrected chi connectivity index (χ3v) is 7.41. The largest absolute Gasteiger partial charge is 0.418 e. The van der Waals surface area contributed by atoms with Crippen molar-refractivity contribution in [3.05, 3.63) is 71.5 Å². The van der Waals surface area contributed by atoms with Gasteiger partial charge in [0.05, 0.1) is 22.8 Å². The molecule has 2 aliphatic rings. The average Bonchev–Trinajstić information content (AvgIpc) is 2.97. The molecular weight excluding hydrogens is 548 g/mol. The van der Waals surface area contributed by atoms with E-state index in [1.807, 2.05) is 17.0 Å². The van der Waals surface area contributed by atoms with Gasteiger partial charge in [-0.05, 0) is 49.2 Å². The zero-order valence-electron chi connectivity index (χ0n) is 21.9. The van der Waals surface area contributed by atoms with Crippen molar-refractivity contribution >= 4 is 23.0 Å². The first-order valence-electron chi connectivity index (χ1n) is 13.1. The number of hydrogen-bond acceptors (Lipinski definition) is 7. The van der Waals surface area contributed by atoms with E-state index in [0.29, 0.717) is 57.9 Å². The van der Waals surface area contributed by atoms with E-state index in [0.717, 1.165) is 29.8 Å². The standard InChI is InChI=1S/C28H27F6N7/c29-27(30,31)20-2-4-25(37-18-20)40-11-13-41(14-12-40)26-16-22(5-8-36-26)39-9-6-21(7-10-39)38-24-3-1-19(17-35)15-23(24)28(32,33)34/h1-5,8,15-16,18,21,38H,6-7,9-14H2. The number of benzene rings is 1. The van der Waals surface area contributed by atoms with Crippen LogP contribution >= 0.6 is 0 Å². The van der Waals surface area contributed by atoms with E-state index < -0.39 is 23.5 Å². The van der Waals surface area contributed by atoms with Crippen molar-refractivity contribution in [1.29, 1.82) is 5.26 Å². The van der Waals surface area contributed by atoms with Gasteiger partial charge in [0.1, 0.15) is 11.6 Å². The number of pyridine rings is 2. The smallest absolute Gasteiger partial charge is 0.382 e. The fourth-order valence-corrected chi connectivity index (χ4v) is 5.16. The predicted octanol–water partition coefficient (Wildman–Crippen LogP) is 5.79. The Morgan fingerprint density at radius 3 is 2.02 bits per heavy atom. The van der Waals surface area contributed by atoms with Crippen LogP contribution in [-0.2, 0) is 12.4 Å². The molecule has 216 valence electrons. The lowest BCUT2D eigenvalue weighted by atomic mass is 10.0. The van der Waals surface area contributed by atoms with E-state index in [1.54, 1.807) is 12.3 Å². The van der Waals surface area contributed by atoms with E-state index in [-0.39, 0.29) is 17.3 Å². The van der Waals surface area contributed by atoms with Gasteiger partial charge in [-0.15, -0.1) is 0 Å². The second-order valence-electron chi connectivity index (χ2n) is 10.0. The van der Waals surface area contributed by atoms with Crippen LogP contribution < -0.4 is 20.0 Å². The first-order valence-corrected chi connectivity index (χ1v) is 13.1. The number of halogens is 6. The van der Waals surface area contributed by atoms with Gasteiger partial charge in [0.2, 0.25) is 0 Å². The maximum Gasteiger partial charge on any atom is 0.418 e. The van der Waals surface area contributed by atoms with Crippen LogP contribution in [0.25, 0.3) is 0 Å². The van der Waals surface area contributed by atoms with Crippen LogP contribution in [0.5, 0.6) is 0 Å². The molecule has 3 aromatic rings. The van der Waals surface area contributed by atoms with Gasteiger partial charge in [-0.2, -0.15) is 31.6 Å². The van der Waals surface area contributed by atoms with Crippen molar-refractivity contribution < 1.29 is 26.3 Å². The van der Waals surface area contributed by atoms with Crippen molar-refractivity contribution in [3.8, 4) is 6.07 Å². The Hall–Kier alpha value is -4.21. The third-order valence-electron chi connectivity index (χ3n) is 7.41. The minimum absolute atomic E-state index is 0.0215. The molecule has 0 unspecified atom stereocenters. The molecule has 13 heteroatoms. The van der Waals surface area contributed by atoms with Crippen LogP contribution in [0.3, 0.4) is 0 Å². The summed E-state index contributed by atoms with van der Waals surface area (Å²) >= 11 is 0. The van der Waals surface area contributed by atoms with Gasteiger partial charge in [0.25, 0.3) is 0 Å². The molecule has 0 saturated carbocycles. The molecule has 0 amide bonds. The monoisotopic (exact) mass is 575 g/mol. The van der Waals surface area contributed by atoms with E-state index in [9.17, 15) is 26.3 Å². The number of rotatable bonds is 5. The minimum Gasteiger partial charge on any atom is -0.382 e. The number of piperazine rings is 1. The summed E-state index contributed by atoms with van der Waals surface area (Å²) in [5.74, 6) is 1.29. The van der Waals surface area contributed by atoms with Gasteiger partial charge in [-0.3, -0.25) is 0 Å². The van der Waals surface area contributed by atoms with Gasteiger partial charge in [-0.1, -0.05) is 0 Å². The van der Waals surface area contributed by atoms with Crippen LogP contribution in [0.15, 0.2) is 54.9 Å². The number of piperidine rings is 1. The van der Waals surface area contributed by atoms with E-state index >= 15 is 0 Å². The quantitative estimate of drug-likeness (QED) is 0.386. The first-order chi connectivity index (χ1) is 19.5. The van der Waals surface area contributed by atoms with Crippen LogP contribution in [0.1, 0.15) is 29.5 Å². The summed E-state index contributed by atoms with van der Waals surface area (Å²) < 4.78 is 79.1. The van der Waals surface area contributed by atoms with E-state index in [4.69, 9.17) is 5.26 Å². The minimum atomic E-state index is -4.57. The molecular formula is C28H27F6N7. The van der Waals surface area contributed by atoms with Crippen molar-refractivity contribution in [2.45, 2.75) is 31.2 Å². The Balaban J connectivity index is 1.17. The fraction of sp³-hybridized carbons (Fsp3) is 0.393. The lowest BCUT2D eigenvalue weighted by molar-refractivity contribution is -0.138. The highest BCUT2D eigenvalue weighted by molar-refractivity contribution is 5.58. The summed E-state index contributed by atoms with van der Waals surface area (Å²) in [6.45, 7) is 3.69. The predicted molar refractivity (Wildman–Crippen MR) is 143 cm³/mol. The number of alkyl halides is 6. The van der Waals surface area contributed by atoms with Crippen molar-refractivity contribution in [1.82, 2.24) is 9.97 Å². The summed E-state index contributed by atoms with van der Waals surface area (Å²) in [5, 5.41) is 12.0. The molecule has 0 aliphatic carbocycles. The molecule has 4 heterocycles. The summed E-state index contributed by atoms with van der Waals surface area (Å²) in [6.07, 6.45) is -5.14. The Labute approximate surface area is 233 Å². The maximum absolute atomic E-state index is 13.5. The van der Waals surface area contributed by atoms with Gasteiger partial charge >= 0.3 is 12.4 Å². The van der Waals surface area contributed by atoms with Crippen LogP contribution in [0, 0.1) is 11.3 Å². The second-order valence-corrected chi connectivity index (χ2v) is 10.0. The van der Waals surface area contributed by atoms with Gasteiger partial charge < -0.3 is 20.0 Å². The van der Waals surface area contributed by atoms with Crippen molar-refractivity contribution in [2.75, 3.05) is 59.3 Å². The van der Waals surface area contributed by atoms with Crippen LogP contribution in [0.2, 0.25) is 0 Å². The highest BCUT2D eigenvalue weighted by Gasteiger charge is 2.35. The molecule has 2 aliphatic heterocycles. The number of aromatic nitrogens is 2. The Morgan fingerprint density at radius 2 is 1.44 bits per heavy atom. The first kappa shape index (κ1) is 28.3. The Kier molecular flexibility index (Phi) is 7.84. The van der Waals surface area contributed by atoms with E-state index in [1.165, 1.54) is 18.2 Å². The molecule has 0 bridgehead atoms. The van der Waals surface area contributed by atoms with Gasteiger partial charge in [0.15, 0.2) is 0 Å². The second kappa shape index (κ2) is 11.3. The van der Waals surface area contributed by atoms with E-state index in [2.05, 4.69) is 25.1 Å². The third kappa shape index (κ3) is 6.58. The maximum atomic E-state index is 13.5. The molecule has 2 aromatic heterocycles. The number of nitrogens with zero attached hydrogens (tertiary/aromatic N) is 6. The molecule has 7 nitrogen and oxygen atoms in total. The molecule has 0 atom stereocenters. The molecule has 0 spiro atoms. The zero-order valence-corrected chi connectivity index (χ0v) is 21.9.